The molecule has 4 aromatic rings. The normalized spacial score (nSPS) is 11.1. The van der Waals surface area contributed by atoms with Crippen molar-refractivity contribution in [2.45, 2.75) is 19.4 Å². The zero-order valence-corrected chi connectivity index (χ0v) is 18.0. The van der Waals surface area contributed by atoms with Crippen LogP contribution in [0, 0.1) is 0 Å². The lowest BCUT2D eigenvalue weighted by Crippen LogP contribution is -2.11. The van der Waals surface area contributed by atoms with Gasteiger partial charge < -0.3 is 5.11 Å². The van der Waals surface area contributed by atoms with E-state index in [1.165, 1.54) is 0 Å². The number of hydrogen-bond acceptors (Lipinski definition) is 3. The molecule has 0 saturated carbocycles. The van der Waals surface area contributed by atoms with Gasteiger partial charge in [0.25, 0.3) is 0 Å². The second kappa shape index (κ2) is 11.5. The standard InChI is InChI=1S/C15H14O.C14H12O2/c1-2-12-8-6-7-11-14(12)15(16)13-9-4-3-5-10-13;15-13(11-7-3-1-4-8-11)14(16)12-9-5-2-6-10-12/h3-11H,2H2,1H3;1-10,13,15H. The second-order valence-electron chi connectivity index (χ2n) is 7.25. The zero-order valence-electron chi connectivity index (χ0n) is 18.0. The molecule has 160 valence electrons. The van der Waals surface area contributed by atoms with Gasteiger partial charge in [-0.05, 0) is 17.5 Å². The molecule has 32 heavy (non-hydrogen) atoms. The summed E-state index contributed by atoms with van der Waals surface area (Å²) in [5, 5.41) is 9.89. The second-order valence-corrected chi connectivity index (χ2v) is 7.25. The largest absolute Gasteiger partial charge is 0.380 e. The van der Waals surface area contributed by atoms with Gasteiger partial charge in [-0.3, -0.25) is 9.59 Å². The highest BCUT2D eigenvalue weighted by Crippen LogP contribution is 2.18. The van der Waals surface area contributed by atoms with Crippen molar-refractivity contribution >= 4 is 11.6 Å². The molecule has 0 amide bonds. The number of aryl methyl sites for hydroxylation is 1. The van der Waals surface area contributed by atoms with E-state index in [4.69, 9.17) is 0 Å². The fraction of sp³-hybridized carbons (Fsp3) is 0.103. The zero-order chi connectivity index (χ0) is 22.8. The fourth-order valence-electron chi connectivity index (χ4n) is 3.34. The van der Waals surface area contributed by atoms with Gasteiger partial charge in [0.2, 0.25) is 0 Å². The van der Waals surface area contributed by atoms with Crippen LogP contribution >= 0.6 is 0 Å². The van der Waals surface area contributed by atoms with Crippen molar-refractivity contribution in [3.63, 3.8) is 0 Å². The van der Waals surface area contributed by atoms with E-state index in [2.05, 4.69) is 6.92 Å². The van der Waals surface area contributed by atoms with Gasteiger partial charge in [0.1, 0.15) is 6.10 Å². The van der Waals surface area contributed by atoms with Gasteiger partial charge in [-0.15, -0.1) is 0 Å². The Morgan fingerprint density at radius 2 is 1.12 bits per heavy atom. The molecule has 4 rings (SSSR count). The Hall–Kier alpha value is -3.82. The number of carbonyl (C=O) groups excluding carboxylic acids is 2. The van der Waals surface area contributed by atoms with Gasteiger partial charge in [0.05, 0.1) is 0 Å². The molecular weight excluding hydrogens is 396 g/mol. The number of rotatable bonds is 6. The van der Waals surface area contributed by atoms with Crippen molar-refractivity contribution in [1.82, 2.24) is 0 Å². The van der Waals surface area contributed by atoms with E-state index in [9.17, 15) is 14.7 Å². The number of benzene rings is 4. The smallest absolute Gasteiger partial charge is 0.195 e. The first kappa shape index (κ1) is 22.9. The lowest BCUT2D eigenvalue weighted by Gasteiger charge is -2.09. The van der Waals surface area contributed by atoms with E-state index in [0.29, 0.717) is 11.1 Å². The van der Waals surface area contributed by atoms with Gasteiger partial charge in [-0.25, -0.2) is 0 Å². The number of ketones is 2. The summed E-state index contributed by atoms with van der Waals surface area (Å²) in [5.41, 5.74) is 3.83. The SMILES string of the molecule is CCc1ccccc1C(=O)c1ccccc1.O=C(c1ccccc1)C(O)c1ccccc1. The third-order valence-electron chi connectivity index (χ3n) is 5.10. The van der Waals surface area contributed by atoms with Crippen LogP contribution in [0.2, 0.25) is 0 Å². The number of carbonyl (C=O) groups is 2. The minimum absolute atomic E-state index is 0.109. The predicted octanol–water partition coefficient (Wildman–Crippen LogP) is 6.08. The maximum Gasteiger partial charge on any atom is 0.195 e. The summed E-state index contributed by atoms with van der Waals surface area (Å²) < 4.78 is 0. The Morgan fingerprint density at radius 1 is 0.656 bits per heavy atom. The van der Waals surface area contributed by atoms with Gasteiger partial charge in [0, 0.05) is 16.7 Å². The van der Waals surface area contributed by atoms with Crippen molar-refractivity contribution in [2.75, 3.05) is 0 Å². The van der Waals surface area contributed by atoms with Crippen LogP contribution in [0.25, 0.3) is 0 Å². The Bertz CT molecular complexity index is 1140. The first-order valence-electron chi connectivity index (χ1n) is 10.6. The van der Waals surface area contributed by atoms with Gasteiger partial charge in [-0.2, -0.15) is 0 Å². The molecule has 0 aromatic heterocycles. The molecule has 0 fully saturated rings. The minimum atomic E-state index is -1.08. The highest BCUT2D eigenvalue weighted by atomic mass is 16.3. The fourth-order valence-corrected chi connectivity index (χ4v) is 3.34. The van der Waals surface area contributed by atoms with Crippen molar-refractivity contribution in [1.29, 1.82) is 0 Å². The topological polar surface area (TPSA) is 54.4 Å². The van der Waals surface area contributed by atoms with Crippen LogP contribution in [0.4, 0.5) is 0 Å². The third kappa shape index (κ3) is 5.87. The minimum Gasteiger partial charge on any atom is -0.380 e. The van der Waals surface area contributed by atoms with Crippen molar-refractivity contribution in [2.24, 2.45) is 0 Å². The van der Waals surface area contributed by atoms with Crippen LogP contribution in [-0.2, 0) is 6.42 Å². The van der Waals surface area contributed by atoms with E-state index >= 15 is 0 Å². The van der Waals surface area contributed by atoms with E-state index < -0.39 is 6.10 Å². The first-order chi connectivity index (χ1) is 15.6. The maximum atomic E-state index is 12.2. The quantitative estimate of drug-likeness (QED) is 0.383. The molecule has 3 heteroatoms. The number of aliphatic hydroxyl groups is 1. The highest BCUT2D eigenvalue weighted by molar-refractivity contribution is 6.09. The number of hydrogen-bond donors (Lipinski definition) is 1. The number of Topliss-reactive ketones (excluding diaryl/α,β-unsaturated/α-hetero) is 1. The highest BCUT2D eigenvalue weighted by Gasteiger charge is 2.18. The average Bonchev–Trinajstić information content (AvgIpc) is 2.89. The monoisotopic (exact) mass is 422 g/mol. The average molecular weight is 423 g/mol. The Balaban J connectivity index is 0.000000181. The van der Waals surface area contributed by atoms with Crippen LogP contribution in [-0.4, -0.2) is 16.7 Å². The number of aliphatic hydroxyl groups excluding tert-OH is 1. The van der Waals surface area contributed by atoms with Crippen LogP contribution < -0.4 is 0 Å². The van der Waals surface area contributed by atoms with E-state index in [-0.39, 0.29) is 11.6 Å². The molecule has 0 aliphatic heterocycles. The molecule has 1 atom stereocenters. The molecule has 0 aliphatic carbocycles. The third-order valence-corrected chi connectivity index (χ3v) is 5.10. The van der Waals surface area contributed by atoms with Gasteiger partial charge in [0.15, 0.2) is 11.6 Å². The summed E-state index contributed by atoms with van der Waals surface area (Å²) in [5.74, 6) is -0.162. The summed E-state index contributed by atoms with van der Waals surface area (Å²) in [7, 11) is 0. The molecule has 0 aliphatic rings. The molecule has 0 heterocycles. The summed E-state index contributed by atoms with van der Waals surface area (Å²) >= 11 is 0. The lowest BCUT2D eigenvalue weighted by molar-refractivity contribution is 0.0747. The summed E-state index contributed by atoms with van der Waals surface area (Å²) in [6.45, 7) is 2.07. The Kier molecular flexibility index (Phi) is 8.24. The molecule has 4 aromatic carbocycles. The molecule has 3 nitrogen and oxygen atoms in total. The predicted molar refractivity (Wildman–Crippen MR) is 128 cm³/mol. The van der Waals surface area contributed by atoms with Crippen molar-refractivity contribution < 1.29 is 14.7 Å². The summed E-state index contributed by atoms with van der Waals surface area (Å²) in [6.07, 6.45) is -0.196. The van der Waals surface area contributed by atoms with Crippen molar-refractivity contribution in [3.8, 4) is 0 Å². The van der Waals surface area contributed by atoms with E-state index in [1.807, 2.05) is 66.7 Å². The molecule has 0 radical (unpaired) electrons. The van der Waals surface area contributed by atoms with Crippen LogP contribution in [0.5, 0.6) is 0 Å². The Labute approximate surface area is 189 Å². The molecule has 0 bridgehead atoms. The van der Waals surface area contributed by atoms with E-state index in [0.717, 1.165) is 23.1 Å². The van der Waals surface area contributed by atoms with Gasteiger partial charge >= 0.3 is 0 Å². The van der Waals surface area contributed by atoms with Crippen LogP contribution in [0.1, 0.15) is 50.4 Å². The lowest BCUT2D eigenvalue weighted by atomic mass is 9.97. The van der Waals surface area contributed by atoms with Crippen LogP contribution in [0.3, 0.4) is 0 Å². The van der Waals surface area contributed by atoms with E-state index in [1.54, 1.807) is 48.5 Å². The Morgan fingerprint density at radius 3 is 1.69 bits per heavy atom. The van der Waals surface area contributed by atoms with Crippen LogP contribution in [0.15, 0.2) is 115 Å². The summed E-state index contributed by atoms with van der Waals surface area (Å²) in [6, 6.07) is 35.0. The molecule has 1 N–H and O–H groups in total. The summed E-state index contributed by atoms with van der Waals surface area (Å²) in [4.78, 5) is 24.1. The molecule has 1 unspecified atom stereocenters. The molecular formula is C29H26O3. The van der Waals surface area contributed by atoms with Crippen molar-refractivity contribution in [3.05, 3.63) is 143 Å². The maximum absolute atomic E-state index is 12.2. The first-order valence-corrected chi connectivity index (χ1v) is 10.6. The molecule has 0 spiro atoms. The van der Waals surface area contributed by atoms with Gasteiger partial charge in [-0.1, -0.05) is 122 Å². The molecule has 0 saturated heterocycles.